The molecule has 0 N–H and O–H groups in total. The second-order valence-corrected chi connectivity index (χ2v) is 1.26. The second-order valence-electron chi connectivity index (χ2n) is 1.26. The fraction of sp³-hybridized carbons (Fsp3) is 0.167. The third-order valence-electron chi connectivity index (χ3n) is 0.464. The van der Waals surface area contributed by atoms with Gasteiger partial charge in [0.25, 0.3) is 0 Å². The first-order valence-corrected chi connectivity index (χ1v) is 2.25. The maximum absolute atomic E-state index is 10.3. The summed E-state index contributed by atoms with van der Waals surface area (Å²) in [5, 5.41) is 0. The van der Waals surface area contributed by atoms with Crippen molar-refractivity contribution in [1.29, 1.82) is 0 Å². The van der Waals surface area contributed by atoms with Crippen LogP contribution in [0.15, 0.2) is 18.4 Å². The number of hydrogen-bond acceptors (Lipinski definition) is 3. The van der Waals surface area contributed by atoms with Crippen molar-refractivity contribution in [3.05, 3.63) is 18.4 Å². The van der Waals surface area contributed by atoms with Crippen molar-refractivity contribution in [2.45, 2.75) is 6.92 Å². The summed E-state index contributed by atoms with van der Waals surface area (Å²) in [4.78, 5) is 20.3. The summed E-state index contributed by atoms with van der Waals surface area (Å²) < 4.78 is 4.05. The zero-order chi connectivity index (χ0) is 7.28. The molecule has 0 spiro atoms. The molecule has 0 heterocycles. The SMILES string of the molecule is C=C=CC(=O)OC(C)=O. The highest BCUT2D eigenvalue weighted by Gasteiger charge is 1.97. The first-order valence-electron chi connectivity index (χ1n) is 2.25. The Morgan fingerprint density at radius 1 is 1.67 bits per heavy atom. The van der Waals surface area contributed by atoms with Crippen molar-refractivity contribution < 1.29 is 14.3 Å². The van der Waals surface area contributed by atoms with E-state index in [4.69, 9.17) is 0 Å². The lowest BCUT2D eigenvalue weighted by Crippen LogP contribution is -2.04. The van der Waals surface area contributed by atoms with Crippen LogP contribution in [0, 0.1) is 0 Å². The Labute approximate surface area is 52.6 Å². The molecule has 9 heavy (non-hydrogen) atoms. The Balaban J connectivity index is 3.78. The van der Waals surface area contributed by atoms with Crippen LogP contribution in [-0.2, 0) is 14.3 Å². The van der Waals surface area contributed by atoms with E-state index >= 15 is 0 Å². The van der Waals surface area contributed by atoms with Crippen LogP contribution in [0.5, 0.6) is 0 Å². The van der Waals surface area contributed by atoms with Crippen LogP contribution in [0.2, 0.25) is 0 Å². The molecule has 0 radical (unpaired) electrons. The van der Waals surface area contributed by atoms with E-state index in [1.54, 1.807) is 0 Å². The van der Waals surface area contributed by atoms with Gasteiger partial charge in [-0.15, -0.1) is 5.73 Å². The molecule has 0 fully saturated rings. The topological polar surface area (TPSA) is 43.4 Å². The van der Waals surface area contributed by atoms with Gasteiger partial charge in [0, 0.05) is 6.92 Å². The molecule has 0 saturated carbocycles. The van der Waals surface area contributed by atoms with Crippen molar-refractivity contribution in [3.8, 4) is 0 Å². The van der Waals surface area contributed by atoms with E-state index in [0.29, 0.717) is 0 Å². The van der Waals surface area contributed by atoms with Crippen LogP contribution in [0.1, 0.15) is 6.92 Å². The first-order chi connectivity index (χ1) is 4.16. The largest absolute Gasteiger partial charge is 0.390 e. The Bertz CT molecular complexity index is 175. The van der Waals surface area contributed by atoms with Crippen LogP contribution < -0.4 is 0 Å². The summed E-state index contributed by atoms with van der Waals surface area (Å²) in [6.07, 6.45) is 0.946. The lowest BCUT2D eigenvalue weighted by atomic mass is 10.6. The molecule has 0 rings (SSSR count). The van der Waals surface area contributed by atoms with E-state index in [2.05, 4.69) is 17.0 Å². The van der Waals surface area contributed by atoms with E-state index in [0.717, 1.165) is 13.0 Å². The number of carbonyl (C=O) groups excluding carboxylic acids is 2. The van der Waals surface area contributed by atoms with Gasteiger partial charge in [0.2, 0.25) is 0 Å². The fourth-order valence-electron chi connectivity index (χ4n) is 0.254. The summed E-state index contributed by atoms with van der Waals surface area (Å²) in [5.41, 5.74) is 2.17. The third-order valence-corrected chi connectivity index (χ3v) is 0.464. The molecule has 0 aromatic rings. The number of esters is 2. The normalized spacial score (nSPS) is 7.22. The Morgan fingerprint density at radius 3 is 2.56 bits per heavy atom. The predicted octanol–water partition coefficient (Wildman–Crippen LogP) is 0.417. The summed E-state index contributed by atoms with van der Waals surface area (Å²) >= 11 is 0. The highest BCUT2D eigenvalue weighted by Crippen LogP contribution is 1.78. The molecule has 0 bridgehead atoms. The highest BCUT2D eigenvalue weighted by atomic mass is 16.6. The van der Waals surface area contributed by atoms with Gasteiger partial charge in [0.05, 0.1) is 6.08 Å². The minimum Gasteiger partial charge on any atom is -0.390 e. The van der Waals surface area contributed by atoms with E-state index < -0.39 is 11.9 Å². The van der Waals surface area contributed by atoms with Crippen molar-refractivity contribution >= 4 is 11.9 Å². The van der Waals surface area contributed by atoms with Gasteiger partial charge in [-0.2, -0.15) is 0 Å². The van der Waals surface area contributed by atoms with E-state index in [1.807, 2.05) is 0 Å². The first kappa shape index (κ1) is 7.66. The summed E-state index contributed by atoms with van der Waals surface area (Å²) in [5.74, 6) is -1.37. The molecular weight excluding hydrogens is 120 g/mol. The molecule has 0 atom stereocenters. The van der Waals surface area contributed by atoms with Gasteiger partial charge >= 0.3 is 11.9 Å². The van der Waals surface area contributed by atoms with Gasteiger partial charge in [-0.25, -0.2) is 4.79 Å². The number of rotatable bonds is 1. The second kappa shape index (κ2) is 3.64. The molecule has 0 amide bonds. The number of ether oxygens (including phenoxy) is 1. The van der Waals surface area contributed by atoms with Crippen LogP contribution in [0.25, 0.3) is 0 Å². The molecule has 0 unspecified atom stereocenters. The van der Waals surface area contributed by atoms with Gasteiger partial charge in [-0.3, -0.25) is 4.79 Å². The van der Waals surface area contributed by atoms with Gasteiger partial charge < -0.3 is 4.74 Å². The van der Waals surface area contributed by atoms with Gasteiger partial charge in [0.1, 0.15) is 0 Å². The van der Waals surface area contributed by atoms with Gasteiger partial charge in [-0.05, 0) is 0 Å². The molecule has 0 aliphatic rings. The molecular formula is C6H6O3. The summed E-state index contributed by atoms with van der Waals surface area (Å²) in [6.45, 7) is 4.26. The van der Waals surface area contributed by atoms with Gasteiger partial charge in [0.15, 0.2) is 0 Å². The van der Waals surface area contributed by atoms with Crippen molar-refractivity contribution in [1.82, 2.24) is 0 Å². The Morgan fingerprint density at radius 2 is 2.22 bits per heavy atom. The maximum Gasteiger partial charge on any atom is 0.346 e. The van der Waals surface area contributed by atoms with Crippen molar-refractivity contribution in [2.75, 3.05) is 0 Å². The highest BCUT2D eigenvalue weighted by molar-refractivity contribution is 5.90. The average Bonchev–Trinajstić information content (AvgIpc) is 1.63. The smallest absolute Gasteiger partial charge is 0.346 e. The molecule has 48 valence electrons. The van der Waals surface area contributed by atoms with Crippen LogP contribution in [0.4, 0.5) is 0 Å². The van der Waals surface area contributed by atoms with E-state index in [-0.39, 0.29) is 0 Å². The van der Waals surface area contributed by atoms with E-state index in [9.17, 15) is 9.59 Å². The third kappa shape index (κ3) is 4.51. The van der Waals surface area contributed by atoms with Crippen molar-refractivity contribution in [2.24, 2.45) is 0 Å². The number of carbonyl (C=O) groups is 2. The van der Waals surface area contributed by atoms with E-state index in [1.165, 1.54) is 0 Å². The van der Waals surface area contributed by atoms with Crippen LogP contribution in [-0.4, -0.2) is 11.9 Å². The summed E-state index contributed by atoms with van der Waals surface area (Å²) in [7, 11) is 0. The molecule has 0 aliphatic carbocycles. The standard InChI is InChI=1S/C6H6O3/c1-3-4-6(8)9-5(2)7/h4H,1H2,2H3. The molecule has 3 heteroatoms. The van der Waals surface area contributed by atoms with Crippen LogP contribution >= 0.6 is 0 Å². The lowest BCUT2D eigenvalue weighted by Gasteiger charge is -1.88. The van der Waals surface area contributed by atoms with Crippen LogP contribution in [0.3, 0.4) is 0 Å². The lowest BCUT2D eigenvalue weighted by molar-refractivity contribution is -0.154. The van der Waals surface area contributed by atoms with Gasteiger partial charge in [-0.1, -0.05) is 6.58 Å². The molecule has 0 saturated heterocycles. The monoisotopic (exact) mass is 126 g/mol. The van der Waals surface area contributed by atoms with Crippen molar-refractivity contribution in [3.63, 3.8) is 0 Å². The molecule has 0 aliphatic heterocycles. The zero-order valence-corrected chi connectivity index (χ0v) is 5.01. The fourth-order valence-corrected chi connectivity index (χ4v) is 0.254. The predicted molar refractivity (Wildman–Crippen MR) is 30.5 cm³/mol. The zero-order valence-electron chi connectivity index (χ0n) is 5.01. The number of hydrogen-bond donors (Lipinski definition) is 0. The molecule has 0 aromatic heterocycles. The minimum atomic E-state index is -0.738. The maximum atomic E-state index is 10.3. The summed E-state index contributed by atoms with van der Waals surface area (Å²) in [6, 6.07) is 0. The quantitative estimate of drug-likeness (QED) is 0.221. The molecule has 3 nitrogen and oxygen atoms in total. The minimum absolute atomic E-state index is 0.633. The Hall–Kier alpha value is -1.34. The average molecular weight is 126 g/mol. The Kier molecular flexibility index (Phi) is 3.09. The molecule has 0 aromatic carbocycles.